The van der Waals surface area contributed by atoms with Gasteiger partial charge in [0.1, 0.15) is 5.75 Å². The van der Waals surface area contributed by atoms with Crippen LogP contribution in [-0.2, 0) is 16.1 Å². The number of nitrogens with zero attached hydrogens (tertiary/aromatic N) is 3. The second-order valence-corrected chi connectivity index (χ2v) is 11.9. The first kappa shape index (κ1) is 32.7. The van der Waals surface area contributed by atoms with Crippen molar-refractivity contribution in [2.45, 2.75) is 44.8 Å². The van der Waals surface area contributed by atoms with Gasteiger partial charge in [0.05, 0.1) is 44.9 Å². The highest BCUT2D eigenvalue weighted by Gasteiger charge is 2.37. The lowest BCUT2D eigenvalue weighted by molar-refractivity contribution is -0.141. The topological polar surface area (TPSA) is 95.4 Å². The van der Waals surface area contributed by atoms with Crippen LogP contribution in [0.5, 0.6) is 5.75 Å². The molecule has 0 radical (unpaired) electrons. The first-order valence-corrected chi connectivity index (χ1v) is 15.2. The molecule has 11 heteroatoms. The average Bonchev–Trinajstić information content (AvgIpc) is 3.03. The molecule has 1 atom stereocenters. The summed E-state index contributed by atoms with van der Waals surface area (Å²) in [7, 11) is 1.60. The molecule has 0 amide bonds. The van der Waals surface area contributed by atoms with Crippen molar-refractivity contribution in [1.82, 2.24) is 14.8 Å². The number of aliphatic carboxylic acids is 1. The maximum atomic E-state index is 13.5. The lowest BCUT2D eigenvalue weighted by Gasteiger charge is -2.41. The van der Waals surface area contributed by atoms with Crippen molar-refractivity contribution in [1.29, 1.82) is 0 Å². The number of hydrogen-bond donors (Lipinski definition) is 2. The molecule has 0 aliphatic carbocycles. The number of carboxylic acid groups (broad SMARTS) is 1. The molecule has 2 aliphatic heterocycles. The zero-order valence-electron chi connectivity index (χ0n) is 25.3. The van der Waals surface area contributed by atoms with Crippen molar-refractivity contribution in [3.63, 3.8) is 0 Å². The molecule has 0 bridgehead atoms. The molecule has 3 heterocycles. The third-order valence-corrected chi connectivity index (χ3v) is 8.94. The number of carbonyl (C=O) groups is 1. The number of rotatable bonds is 10. The predicted molar refractivity (Wildman–Crippen MR) is 162 cm³/mol. The molecule has 2 N–H and O–H groups in total. The third kappa shape index (κ3) is 8.13. The average molecular weight is 626 g/mol. The van der Waals surface area contributed by atoms with Gasteiger partial charge in [-0.15, -0.1) is 0 Å². The molecule has 0 spiro atoms. The van der Waals surface area contributed by atoms with Gasteiger partial charge in [-0.25, -0.2) is 13.2 Å². The first-order valence-electron chi connectivity index (χ1n) is 15.2. The standard InChI is InChI=1S/C34H38F3N3O5/c1-44-25-4-5-29-26(19-25)32(24(21-38-29)22-40-13-15-45-16-14-40)30(41)6-7-34(20-31(42)43)8-11-39(12-9-34)10-2-3-23-17-27(35)33(37)28(36)18-23/h4-5,17-19,21,30,41H,6-16,20,22H2,1H3,(H,42,43)/t30-/m1/s1. The summed E-state index contributed by atoms with van der Waals surface area (Å²) in [6.45, 7) is 4.97. The van der Waals surface area contributed by atoms with Gasteiger partial charge in [-0.05, 0) is 85.6 Å². The van der Waals surface area contributed by atoms with Gasteiger partial charge in [-0.3, -0.25) is 19.6 Å². The molecule has 45 heavy (non-hydrogen) atoms. The number of methoxy groups -OCH3 is 1. The van der Waals surface area contributed by atoms with Gasteiger partial charge in [0.25, 0.3) is 0 Å². The van der Waals surface area contributed by atoms with E-state index in [1.807, 2.05) is 24.4 Å². The first-order chi connectivity index (χ1) is 21.7. The minimum absolute atomic E-state index is 0.0150. The van der Waals surface area contributed by atoms with E-state index in [0.717, 1.165) is 47.3 Å². The number of pyridine rings is 1. The van der Waals surface area contributed by atoms with Crippen molar-refractivity contribution in [3.05, 3.63) is 70.7 Å². The van der Waals surface area contributed by atoms with Gasteiger partial charge < -0.3 is 19.7 Å². The van der Waals surface area contributed by atoms with Crippen molar-refractivity contribution in [3.8, 4) is 17.6 Å². The van der Waals surface area contributed by atoms with Crippen molar-refractivity contribution in [2.75, 3.05) is 53.0 Å². The zero-order valence-corrected chi connectivity index (χ0v) is 25.3. The molecule has 2 aromatic carbocycles. The van der Waals surface area contributed by atoms with Gasteiger partial charge in [-0.2, -0.15) is 0 Å². The molecule has 2 saturated heterocycles. The second-order valence-electron chi connectivity index (χ2n) is 11.9. The highest BCUT2D eigenvalue weighted by Crippen LogP contribution is 2.42. The fraction of sp³-hybridized carbons (Fsp3) is 0.471. The number of aliphatic hydroxyl groups excluding tert-OH is 1. The Labute approximate surface area is 260 Å². The van der Waals surface area contributed by atoms with Crippen LogP contribution >= 0.6 is 0 Å². The number of hydrogen-bond acceptors (Lipinski definition) is 7. The van der Waals surface area contributed by atoms with Crippen LogP contribution in [0.2, 0.25) is 0 Å². The van der Waals surface area contributed by atoms with E-state index in [1.54, 1.807) is 7.11 Å². The molecule has 0 saturated carbocycles. The number of fused-ring (bicyclic) bond motifs is 1. The monoisotopic (exact) mass is 625 g/mol. The van der Waals surface area contributed by atoms with E-state index in [0.29, 0.717) is 70.8 Å². The summed E-state index contributed by atoms with van der Waals surface area (Å²) in [5, 5.41) is 22.4. The molecule has 0 unspecified atom stereocenters. The SMILES string of the molecule is COc1ccc2ncc(CN3CCOCC3)c([C@H](O)CCC3(CC(=O)O)CCN(CC#Cc4cc(F)c(F)c(F)c4)CC3)c2c1. The van der Waals surface area contributed by atoms with Crippen LogP contribution in [0.25, 0.3) is 10.9 Å². The lowest BCUT2D eigenvalue weighted by atomic mass is 9.71. The van der Waals surface area contributed by atoms with Crippen LogP contribution in [-0.4, -0.2) is 84.0 Å². The van der Waals surface area contributed by atoms with E-state index in [4.69, 9.17) is 9.47 Å². The Morgan fingerprint density at radius 1 is 1.09 bits per heavy atom. The molecule has 3 aromatic rings. The fourth-order valence-corrected chi connectivity index (χ4v) is 6.37. The smallest absolute Gasteiger partial charge is 0.303 e. The summed E-state index contributed by atoms with van der Waals surface area (Å²) in [5.41, 5.74) is 2.00. The van der Waals surface area contributed by atoms with Gasteiger partial charge >= 0.3 is 5.97 Å². The highest BCUT2D eigenvalue weighted by molar-refractivity contribution is 5.85. The Balaban J connectivity index is 1.30. The lowest BCUT2D eigenvalue weighted by Crippen LogP contribution is -2.41. The molecule has 2 fully saturated rings. The number of morpholine rings is 1. The fourth-order valence-electron chi connectivity index (χ4n) is 6.37. The number of carboxylic acids is 1. The van der Waals surface area contributed by atoms with E-state index in [1.165, 1.54) is 0 Å². The molecule has 8 nitrogen and oxygen atoms in total. The Hall–Kier alpha value is -3.69. The Morgan fingerprint density at radius 3 is 2.47 bits per heavy atom. The zero-order chi connectivity index (χ0) is 32.0. The third-order valence-electron chi connectivity index (χ3n) is 8.94. The van der Waals surface area contributed by atoms with Crippen LogP contribution < -0.4 is 4.74 Å². The van der Waals surface area contributed by atoms with Crippen LogP contribution in [0.4, 0.5) is 13.2 Å². The number of aliphatic hydroxyl groups is 1. The van der Waals surface area contributed by atoms with Gasteiger partial charge in [0, 0.05) is 36.8 Å². The molecular formula is C34H38F3N3O5. The number of halogens is 3. The maximum Gasteiger partial charge on any atom is 0.303 e. The van der Waals surface area contributed by atoms with Gasteiger partial charge in [-0.1, -0.05) is 11.8 Å². The summed E-state index contributed by atoms with van der Waals surface area (Å²) in [4.78, 5) is 21.0. The van der Waals surface area contributed by atoms with E-state index in [2.05, 4.69) is 26.6 Å². The van der Waals surface area contributed by atoms with Crippen molar-refractivity contribution >= 4 is 16.9 Å². The van der Waals surface area contributed by atoms with Crippen LogP contribution in [0.3, 0.4) is 0 Å². The number of piperidine rings is 1. The maximum absolute atomic E-state index is 13.5. The number of likely N-dealkylation sites (tertiary alicyclic amines) is 1. The van der Waals surface area contributed by atoms with Crippen LogP contribution in [0, 0.1) is 34.7 Å². The predicted octanol–water partition coefficient (Wildman–Crippen LogP) is 4.92. The largest absolute Gasteiger partial charge is 0.497 e. The normalized spacial score (nSPS) is 17.9. The minimum atomic E-state index is -1.53. The summed E-state index contributed by atoms with van der Waals surface area (Å²) in [6, 6.07) is 7.32. The Bertz CT molecular complexity index is 1550. The van der Waals surface area contributed by atoms with Gasteiger partial charge in [0.2, 0.25) is 0 Å². The minimum Gasteiger partial charge on any atom is -0.497 e. The molecule has 1 aromatic heterocycles. The van der Waals surface area contributed by atoms with Crippen molar-refractivity contribution < 1.29 is 37.7 Å². The van der Waals surface area contributed by atoms with Crippen molar-refractivity contribution in [2.24, 2.45) is 5.41 Å². The van der Waals surface area contributed by atoms with E-state index in [9.17, 15) is 28.2 Å². The molecule has 5 rings (SSSR count). The van der Waals surface area contributed by atoms with E-state index in [-0.39, 0.29) is 12.0 Å². The molecular weight excluding hydrogens is 587 g/mol. The Morgan fingerprint density at radius 2 is 1.80 bits per heavy atom. The van der Waals surface area contributed by atoms with E-state index >= 15 is 0 Å². The summed E-state index contributed by atoms with van der Waals surface area (Å²) < 4.78 is 51.2. The van der Waals surface area contributed by atoms with Crippen LogP contribution in [0.1, 0.15) is 54.9 Å². The number of benzene rings is 2. The summed E-state index contributed by atoms with van der Waals surface area (Å²) in [6.07, 6.45) is 3.05. The molecule has 2 aliphatic rings. The second kappa shape index (κ2) is 14.6. The number of aromatic nitrogens is 1. The molecule has 240 valence electrons. The Kier molecular flexibility index (Phi) is 10.6. The number of ether oxygens (including phenoxy) is 2. The quantitative estimate of drug-likeness (QED) is 0.243. The van der Waals surface area contributed by atoms with E-state index < -0.39 is 34.9 Å². The van der Waals surface area contributed by atoms with Crippen LogP contribution in [0.15, 0.2) is 36.5 Å². The summed E-state index contributed by atoms with van der Waals surface area (Å²) >= 11 is 0. The highest BCUT2D eigenvalue weighted by atomic mass is 19.2. The summed E-state index contributed by atoms with van der Waals surface area (Å²) in [5.74, 6) is 1.24. The van der Waals surface area contributed by atoms with Gasteiger partial charge in [0.15, 0.2) is 17.5 Å².